The van der Waals surface area contributed by atoms with Gasteiger partial charge in [0.25, 0.3) is 0 Å². The van der Waals surface area contributed by atoms with Crippen LogP contribution in [0, 0.1) is 0 Å². The molecule has 0 aliphatic heterocycles. The van der Waals surface area contributed by atoms with Crippen molar-refractivity contribution in [2.75, 3.05) is 11.4 Å². The number of benzene rings is 1. The smallest absolute Gasteiger partial charge is 0.338 e. The van der Waals surface area contributed by atoms with Crippen LogP contribution in [0.1, 0.15) is 50.4 Å². The Morgan fingerprint density at radius 1 is 1.42 bits per heavy atom. The number of hydrogen-bond donors (Lipinski definition) is 1. The minimum Gasteiger partial charge on any atom is -0.478 e. The summed E-state index contributed by atoms with van der Waals surface area (Å²) in [6.45, 7) is 7.31. The van der Waals surface area contributed by atoms with Gasteiger partial charge >= 0.3 is 5.97 Å². The zero-order chi connectivity index (χ0) is 14.4. The molecule has 0 radical (unpaired) electrons. The molecule has 1 rings (SSSR count). The van der Waals surface area contributed by atoms with Gasteiger partial charge in [-0.1, -0.05) is 26.3 Å². The van der Waals surface area contributed by atoms with E-state index in [9.17, 15) is 9.90 Å². The van der Waals surface area contributed by atoms with Crippen LogP contribution in [0.2, 0.25) is 0 Å². The van der Waals surface area contributed by atoms with Crippen LogP contribution in [-0.4, -0.2) is 23.7 Å². The van der Waals surface area contributed by atoms with E-state index in [-0.39, 0.29) is 0 Å². The molecule has 1 atom stereocenters. The molecule has 3 nitrogen and oxygen atoms in total. The quantitative estimate of drug-likeness (QED) is 0.798. The third-order valence-corrected chi connectivity index (χ3v) is 4.05. The third-order valence-electron chi connectivity index (χ3n) is 3.39. The summed E-state index contributed by atoms with van der Waals surface area (Å²) in [7, 11) is 0. The van der Waals surface area contributed by atoms with Gasteiger partial charge in [-0.15, -0.1) is 0 Å². The molecule has 0 aromatic heterocycles. The fourth-order valence-corrected chi connectivity index (χ4v) is 2.62. The van der Waals surface area contributed by atoms with Crippen LogP contribution in [0.25, 0.3) is 0 Å². The van der Waals surface area contributed by atoms with Gasteiger partial charge in [0, 0.05) is 17.1 Å². The Morgan fingerprint density at radius 2 is 2.11 bits per heavy atom. The number of nitrogens with zero attached hydrogens (tertiary/aromatic N) is 1. The van der Waals surface area contributed by atoms with Crippen molar-refractivity contribution in [1.82, 2.24) is 0 Å². The molecule has 0 heterocycles. The van der Waals surface area contributed by atoms with E-state index in [0.717, 1.165) is 31.5 Å². The lowest BCUT2D eigenvalue weighted by Gasteiger charge is -2.32. The van der Waals surface area contributed by atoms with Crippen molar-refractivity contribution in [2.45, 2.75) is 46.1 Å². The van der Waals surface area contributed by atoms with Crippen LogP contribution in [-0.2, 0) is 0 Å². The summed E-state index contributed by atoms with van der Waals surface area (Å²) in [4.78, 5) is 13.7. The Labute approximate surface area is 123 Å². The topological polar surface area (TPSA) is 40.5 Å². The molecule has 0 bridgehead atoms. The zero-order valence-electron chi connectivity index (χ0n) is 11.8. The second kappa shape index (κ2) is 7.53. The van der Waals surface area contributed by atoms with Gasteiger partial charge in [0.1, 0.15) is 0 Å². The minimum atomic E-state index is -0.882. The third kappa shape index (κ3) is 3.96. The SMILES string of the molecule is CCCCN(c1cccc(Br)c1C(=O)O)C(C)CC. The molecule has 106 valence electrons. The van der Waals surface area contributed by atoms with E-state index in [2.05, 4.69) is 41.6 Å². The van der Waals surface area contributed by atoms with Gasteiger partial charge in [-0.2, -0.15) is 0 Å². The Balaban J connectivity index is 3.21. The summed E-state index contributed by atoms with van der Waals surface area (Å²) in [6, 6.07) is 5.91. The summed E-state index contributed by atoms with van der Waals surface area (Å²) in [5.41, 5.74) is 1.17. The molecule has 1 aromatic rings. The normalized spacial score (nSPS) is 12.2. The number of carboxylic acid groups (broad SMARTS) is 1. The highest BCUT2D eigenvalue weighted by molar-refractivity contribution is 9.10. The number of unbranched alkanes of at least 4 members (excludes halogenated alkanes) is 1. The average molecular weight is 328 g/mol. The predicted molar refractivity (Wildman–Crippen MR) is 83.1 cm³/mol. The van der Waals surface area contributed by atoms with Gasteiger partial charge in [-0.3, -0.25) is 0 Å². The van der Waals surface area contributed by atoms with E-state index in [1.165, 1.54) is 0 Å². The van der Waals surface area contributed by atoms with Crippen molar-refractivity contribution in [3.05, 3.63) is 28.2 Å². The Morgan fingerprint density at radius 3 is 2.63 bits per heavy atom. The molecular weight excluding hydrogens is 306 g/mol. The van der Waals surface area contributed by atoms with Gasteiger partial charge < -0.3 is 10.0 Å². The lowest BCUT2D eigenvalue weighted by atomic mass is 10.1. The summed E-state index contributed by atoms with van der Waals surface area (Å²) in [6.07, 6.45) is 3.16. The lowest BCUT2D eigenvalue weighted by Crippen LogP contribution is -2.34. The molecule has 0 spiro atoms. The number of carbonyl (C=O) groups is 1. The number of carboxylic acids is 1. The molecule has 19 heavy (non-hydrogen) atoms. The predicted octanol–water partition coefficient (Wildman–Crippen LogP) is 4.55. The van der Waals surface area contributed by atoms with Crippen LogP contribution >= 0.6 is 15.9 Å². The number of aromatic carboxylic acids is 1. The molecule has 0 saturated carbocycles. The van der Waals surface area contributed by atoms with E-state index in [0.29, 0.717) is 16.1 Å². The fourth-order valence-electron chi connectivity index (χ4n) is 2.09. The largest absolute Gasteiger partial charge is 0.478 e. The first-order chi connectivity index (χ1) is 9.02. The highest BCUT2D eigenvalue weighted by Crippen LogP contribution is 2.30. The highest BCUT2D eigenvalue weighted by Gasteiger charge is 2.21. The van der Waals surface area contributed by atoms with Gasteiger partial charge in [0.15, 0.2) is 0 Å². The summed E-state index contributed by atoms with van der Waals surface area (Å²) in [5, 5.41) is 9.42. The molecule has 1 aromatic carbocycles. The Hall–Kier alpha value is -1.03. The van der Waals surface area contributed by atoms with Crippen molar-refractivity contribution in [3.63, 3.8) is 0 Å². The number of hydrogen-bond acceptors (Lipinski definition) is 2. The van der Waals surface area contributed by atoms with E-state index in [1.807, 2.05) is 12.1 Å². The molecule has 0 aliphatic carbocycles. The van der Waals surface area contributed by atoms with Crippen molar-refractivity contribution < 1.29 is 9.90 Å². The maximum Gasteiger partial charge on any atom is 0.338 e. The molecule has 0 fully saturated rings. The lowest BCUT2D eigenvalue weighted by molar-refractivity contribution is 0.0696. The van der Waals surface area contributed by atoms with Crippen LogP contribution < -0.4 is 4.90 Å². The molecular formula is C15H22BrNO2. The average Bonchev–Trinajstić information content (AvgIpc) is 2.38. The van der Waals surface area contributed by atoms with E-state index in [1.54, 1.807) is 6.07 Å². The van der Waals surface area contributed by atoms with Crippen molar-refractivity contribution >= 4 is 27.6 Å². The first-order valence-corrected chi connectivity index (χ1v) is 7.60. The summed E-state index contributed by atoms with van der Waals surface area (Å²) < 4.78 is 0.641. The first-order valence-electron chi connectivity index (χ1n) is 6.81. The summed E-state index contributed by atoms with van der Waals surface area (Å²) >= 11 is 3.35. The van der Waals surface area contributed by atoms with Crippen LogP contribution in [0.3, 0.4) is 0 Å². The van der Waals surface area contributed by atoms with Crippen molar-refractivity contribution in [3.8, 4) is 0 Å². The van der Waals surface area contributed by atoms with Crippen molar-refractivity contribution in [2.24, 2.45) is 0 Å². The number of anilines is 1. The maximum absolute atomic E-state index is 11.5. The number of halogens is 1. The fraction of sp³-hybridized carbons (Fsp3) is 0.533. The van der Waals surface area contributed by atoms with E-state index < -0.39 is 5.97 Å². The molecule has 0 saturated heterocycles. The van der Waals surface area contributed by atoms with Crippen LogP contribution in [0.15, 0.2) is 22.7 Å². The second-order valence-corrected chi connectivity index (χ2v) is 5.60. The first kappa shape index (κ1) is 16.0. The monoisotopic (exact) mass is 327 g/mol. The van der Waals surface area contributed by atoms with Crippen LogP contribution in [0.4, 0.5) is 5.69 Å². The standard InChI is InChI=1S/C15H22BrNO2/c1-4-6-10-17(11(3)5-2)13-9-7-8-12(16)14(13)15(18)19/h7-9,11H,4-6,10H2,1-3H3,(H,18,19). The Bertz CT molecular complexity index is 434. The molecule has 1 unspecified atom stereocenters. The highest BCUT2D eigenvalue weighted by atomic mass is 79.9. The number of rotatable bonds is 7. The van der Waals surface area contributed by atoms with Gasteiger partial charge in [-0.05, 0) is 47.8 Å². The van der Waals surface area contributed by atoms with Crippen molar-refractivity contribution in [1.29, 1.82) is 0 Å². The second-order valence-electron chi connectivity index (χ2n) is 4.74. The van der Waals surface area contributed by atoms with E-state index >= 15 is 0 Å². The van der Waals surface area contributed by atoms with Gasteiger partial charge in [0.05, 0.1) is 11.3 Å². The van der Waals surface area contributed by atoms with Gasteiger partial charge in [-0.25, -0.2) is 4.79 Å². The maximum atomic E-state index is 11.5. The molecule has 0 aliphatic rings. The van der Waals surface area contributed by atoms with E-state index in [4.69, 9.17) is 0 Å². The Kier molecular flexibility index (Phi) is 6.35. The van der Waals surface area contributed by atoms with Crippen LogP contribution in [0.5, 0.6) is 0 Å². The molecule has 4 heteroatoms. The summed E-state index contributed by atoms with van der Waals surface area (Å²) in [5.74, 6) is -0.882. The zero-order valence-corrected chi connectivity index (χ0v) is 13.4. The minimum absolute atomic E-state index is 0.332. The van der Waals surface area contributed by atoms with Gasteiger partial charge in [0.2, 0.25) is 0 Å². The molecule has 1 N–H and O–H groups in total. The molecule has 0 amide bonds.